The lowest BCUT2D eigenvalue weighted by Crippen LogP contribution is -2.02. The number of aryl methyl sites for hydroxylation is 3. The van der Waals surface area contributed by atoms with Crippen molar-refractivity contribution < 1.29 is 4.65 Å². The smallest absolute Gasteiger partial charge is 0.374 e. The van der Waals surface area contributed by atoms with Crippen LogP contribution in [0.3, 0.4) is 0 Å². The lowest BCUT2D eigenvalue weighted by atomic mass is 10.2. The van der Waals surface area contributed by atoms with Gasteiger partial charge < -0.3 is 9.22 Å². The Hall–Kier alpha value is -2.00. The Kier molecular flexibility index (Phi) is 4.24. The van der Waals surface area contributed by atoms with Crippen LogP contribution in [0, 0.1) is 45.9 Å². The Labute approximate surface area is 130 Å². The Morgan fingerprint density at radius 3 is 2.38 bits per heavy atom. The van der Waals surface area contributed by atoms with Crippen LogP contribution in [0.5, 0.6) is 0 Å². The number of aromatic nitrogens is 2. The molecule has 0 bridgehead atoms. The lowest BCUT2D eigenvalue weighted by molar-refractivity contribution is 0.573. The van der Waals surface area contributed by atoms with E-state index in [4.69, 9.17) is 12.7 Å². The largest absolute Gasteiger partial charge is 0.565 e. The number of nitriles is 1. The second-order valence-corrected chi connectivity index (χ2v) is 6.15. The van der Waals surface area contributed by atoms with Gasteiger partial charge in [-0.25, -0.2) is 4.98 Å². The molecule has 2 heterocycles. The quantitative estimate of drug-likeness (QED) is 0.495. The van der Waals surface area contributed by atoms with E-state index in [2.05, 4.69) is 11.1 Å². The van der Waals surface area contributed by atoms with E-state index in [1.807, 2.05) is 45.4 Å². The van der Waals surface area contributed by atoms with Crippen molar-refractivity contribution in [2.45, 2.75) is 34.6 Å². The molecule has 2 aromatic rings. The molecule has 0 aliphatic carbocycles. The summed E-state index contributed by atoms with van der Waals surface area (Å²) < 4.78 is 6.87. The number of hydrogen-bond acceptors (Lipinski definition) is 4. The summed E-state index contributed by atoms with van der Waals surface area (Å²) in [5.74, 6) is 0.360. The van der Waals surface area contributed by atoms with Crippen molar-refractivity contribution in [1.82, 2.24) is 9.55 Å². The predicted octanol–water partition coefficient (Wildman–Crippen LogP) is 3.44. The number of hydrogen-bond donors (Lipinski definition) is 0. The summed E-state index contributed by atoms with van der Waals surface area (Å²) in [6.07, 6.45) is 1.92. The molecule has 0 N–H and O–H groups in total. The van der Waals surface area contributed by atoms with E-state index in [0.717, 1.165) is 32.4 Å². The third-order valence-corrected chi connectivity index (χ3v) is 4.68. The maximum atomic E-state index is 9.58. The maximum Gasteiger partial charge on any atom is 0.374 e. The molecule has 0 fully saturated rings. The zero-order valence-corrected chi connectivity index (χ0v) is 13.6. The van der Waals surface area contributed by atoms with Gasteiger partial charge in [0.15, 0.2) is 11.5 Å². The van der Waals surface area contributed by atoms with Gasteiger partial charge in [0, 0.05) is 11.9 Å². The first kappa shape index (κ1) is 15.4. The fourth-order valence-electron chi connectivity index (χ4n) is 2.26. The van der Waals surface area contributed by atoms with Crippen LogP contribution in [-0.4, -0.2) is 17.6 Å². The molecule has 0 amide bonds. The molecule has 4 nitrogen and oxygen atoms in total. The molecule has 2 aromatic heterocycles. The van der Waals surface area contributed by atoms with Gasteiger partial charge in [-0.3, -0.25) is 0 Å². The van der Waals surface area contributed by atoms with Gasteiger partial charge in [-0.2, -0.15) is 5.26 Å². The molecule has 106 valence electrons. The lowest BCUT2D eigenvalue weighted by Gasteiger charge is -2.11. The predicted molar refractivity (Wildman–Crippen MR) is 85.8 cm³/mol. The number of allylic oxidation sites excluding steroid dienone is 1. The van der Waals surface area contributed by atoms with Gasteiger partial charge in [-0.1, -0.05) is 0 Å². The van der Waals surface area contributed by atoms with Gasteiger partial charge >= 0.3 is 8.05 Å². The molecule has 6 heteroatoms. The summed E-state index contributed by atoms with van der Waals surface area (Å²) in [5, 5.41) is 10.5. The molecule has 0 saturated carbocycles. The first-order chi connectivity index (χ1) is 9.90. The van der Waals surface area contributed by atoms with Crippen LogP contribution < -0.4 is 0 Å². The van der Waals surface area contributed by atoms with E-state index in [1.54, 1.807) is 0 Å². The second-order valence-electron chi connectivity index (χ2n) is 4.95. The zero-order chi connectivity index (χ0) is 15.7. The summed E-state index contributed by atoms with van der Waals surface area (Å²) in [7, 11) is 5.45. The Morgan fingerprint density at radius 1 is 1.33 bits per heavy atom. The minimum atomic E-state index is 0.360. The molecular weight excluding hydrogens is 281 g/mol. The van der Waals surface area contributed by atoms with Gasteiger partial charge in [0.25, 0.3) is 0 Å². The summed E-state index contributed by atoms with van der Waals surface area (Å²) >= 11 is 1.46. The molecular formula is C15H16BN3OS. The van der Waals surface area contributed by atoms with E-state index >= 15 is 0 Å². The first-order valence-corrected chi connectivity index (χ1v) is 7.33. The van der Waals surface area contributed by atoms with Crippen molar-refractivity contribution in [2.24, 2.45) is 0 Å². The standard InChI is InChI=1S/C15H16BN3OS/c1-8-7-19(11(4)9(8)2)13(6-17)14(20-16)15-10(3)18-12(5)21-15/h7H,1-5H3. The van der Waals surface area contributed by atoms with Crippen molar-refractivity contribution in [1.29, 1.82) is 5.26 Å². The van der Waals surface area contributed by atoms with Crippen LogP contribution in [0.25, 0.3) is 11.5 Å². The highest BCUT2D eigenvalue weighted by Crippen LogP contribution is 2.31. The van der Waals surface area contributed by atoms with Crippen LogP contribution in [0.4, 0.5) is 0 Å². The highest BCUT2D eigenvalue weighted by atomic mass is 32.1. The van der Waals surface area contributed by atoms with Gasteiger partial charge in [0.1, 0.15) is 6.07 Å². The molecule has 0 atom stereocenters. The third kappa shape index (κ3) is 2.61. The molecule has 2 radical (unpaired) electrons. The maximum absolute atomic E-state index is 9.58. The zero-order valence-electron chi connectivity index (χ0n) is 12.8. The number of rotatable bonds is 3. The monoisotopic (exact) mass is 297 g/mol. The molecule has 0 aromatic carbocycles. The molecule has 0 unspecified atom stereocenters. The molecule has 21 heavy (non-hydrogen) atoms. The van der Waals surface area contributed by atoms with Crippen LogP contribution in [-0.2, 0) is 4.65 Å². The SMILES string of the molecule is [B]OC(=C(C#N)n1cc(C)c(C)c1C)c1sc(C)nc1C. The van der Waals surface area contributed by atoms with Crippen molar-refractivity contribution in [2.75, 3.05) is 0 Å². The van der Waals surface area contributed by atoms with Crippen molar-refractivity contribution in [3.8, 4) is 6.07 Å². The average Bonchev–Trinajstić information content (AvgIpc) is 2.90. The summed E-state index contributed by atoms with van der Waals surface area (Å²) in [6, 6.07) is 2.20. The highest BCUT2D eigenvalue weighted by Gasteiger charge is 2.19. The van der Waals surface area contributed by atoms with Crippen LogP contribution >= 0.6 is 11.3 Å². The van der Waals surface area contributed by atoms with Gasteiger partial charge in [-0.15, -0.1) is 11.3 Å². The van der Waals surface area contributed by atoms with Gasteiger partial charge in [-0.05, 0) is 45.7 Å². The van der Waals surface area contributed by atoms with Crippen LogP contribution in [0.2, 0.25) is 0 Å². The van der Waals surface area contributed by atoms with Crippen molar-refractivity contribution in [3.05, 3.63) is 38.6 Å². The fourth-order valence-corrected chi connectivity index (χ4v) is 3.17. The normalized spacial score (nSPS) is 12.0. The molecule has 2 rings (SSSR count). The first-order valence-electron chi connectivity index (χ1n) is 6.51. The van der Waals surface area contributed by atoms with Crippen molar-refractivity contribution in [3.63, 3.8) is 0 Å². The van der Waals surface area contributed by atoms with E-state index in [0.29, 0.717) is 11.5 Å². The third-order valence-electron chi connectivity index (χ3n) is 3.61. The summed E-state index contributed by atoms with van der Waals surface area (Å²) in [5.41, 5.74) is 4.45. The Morgan fingerprint density at radius 2 is 2.00 bits per heavy atom. The molecule has 0 aliphatic rings. The average molecular weight is 297 g/mol. The minimum absolute atomic E-state index is 0.360. The van der Waals surface area contributed by atoms with E-state index in [1.165, 1.54) is 11.3 Å². The Balaban J connectivity index is 2.73. The molecule has 0 aliphatic heterocycles. The number of thiazole rings is 1. The highest BCUT2D eigenvalue weighted by molar-refractivity contribution is 7.12. The second kappa shape index (κ2) is 5.78. The molecule has 0 saturated heterocycles. The van der Waals surface area contributed by atoms with E-state index in [9.17, 15) is 5.26 Å². The topological polar surface area (TPSA) is 50.8 Å². The van der Waals surface area contributed by atoms with Gasteiger partial charge in [0.05, 0.1) is 15.6 Å². The summed E-state index contributed by atoms with van der Waals surface area (Å²) in [6.45, 7) is 9.81. The van der Waals surface area contributed by atoms with Gasteiger partial charge in [0.2, 0.25) is 0 Å². The van der Waals surface area contributed by atoms with E-state index < -0.39 is 0 Å². The molecule has 0 spiro atoms. The fraction of sp³-hybridized carbons (Fsp3) is 0.333. The van der Waals surface area contributed by atoms with Crippen molar-refractivity contribution >= 4 is 30.8 Å². The van der Waals surface area contributed by atoms with Crippen LogP contribution in [0.1, 0.15) is 32.4 Å². The Bertz CT molecular complexity index is 765. The van der Waals surface area contributed by atoms with Crippen LogP contribution in [0.15, 0.2) is 6.20 Å². The van der Waals surface area contributed by atoms with E-state index in [-0.39, 0.29) is 0 Å². The summed E-state index contributed by atoms with van der Waals surface area (Å²) in [4.78, 5) is 5.15. The minimum Gasteiger partial charge on any atom is -0.565 e. The number of nitrogens with zero attached hydrogens (tertiary/aromatic N) is 3.